The van der Waals surface area contributed by atoms with Gasteiger partial charge in [0.05, 0.1) is 13.2 Å². The van der Waals surface area contributed by atoms with Crippen LogP contribution in [0.25, 0.3) is 0 Å². The fraction of sp³-hybridized carbons (Fsp3) is 0.500. The SMILES string of the molecule is N=c1c(=O)n(O)c(N(CCO)CCO)c(N)n1O. The van der Waals surface area contributed by atoms with E-state index < -0.39 is 16.9 Å². The second-order valence-corrected chi connectivity index (χ2v) is 3.42. The van der Waals surface area contributed by atoms with Gasteiger partial charge >= 0.3 is 5.56 Å². The molecular formula is C8H15N5O5. The molecule has 1 rings (SSSR count). The molecule has 102 valence electrons. The lowest BCUT2D eigenvalue weighted by Crippen LogP contribution is -2.45. The molecule has 1 heterocycles. The number of anilines is 2. The van der Waals surface area contributed by atoms with Crippen LogP contribution in [0.15, 0.2) is 4.79 Å². The molecule has 0 fully saturated rings. The van der Waals surface area contributed by atoms with Crippen LogP contribution in [0.3, 0.4) is 0 Å². The molecule has 1 aromatic heterocycles. The van der Waals surface area contributed by atoms with Crippen molar-refractivity contribution in [1.29, 1.82) is 5.41 Å². The lowest BCUT2D eigenvalue weighted by molar-refractivity contribution is 0.140. The predicted octanol–water partition coefficient (Wildman–Crippen LogP) is -3.02. The zero-order valence-electron chi connectivity index (χ0n) is 9.44. The summed E-state index contributed by atoms with van der Waals surface area (Å²) in [6.07, 6.45) is 0. The Morgan fingerprint density at radius 1 is 1.17 bits per heavy atom. The Hall–Kier alpha value is -2.20. The van der Waals surface area contributed by atoms with Crippen molar-refractivity contribution in [2.24, 2.45) is 0 Å². The zero-order valence-corrected chi connectivity index (χ0v) is 9.44. The summed E-state index contributed by atoms with van der Waals surface area (Å²) in [6.45, 7) is -0.687. The van der Waals surface area contributed by atoms with E-state index in [0.29, 0.717) is 0 Å². The van der Waals surface area contributed by atoms with E-state index >= 15 is 0 Å². The summed E-state index contributed by atoms with van der Waals surface area (Å²) in [6, 6.07) is 0. The summed E-state index contributed by atoms with van der Waals surface area (Å²) in [5.74, 6) is -0.759. The second kappa shape index (κ2) is 5.42. The number of nitrogens with two attached hydrogens (primary N) is 1. The van der Waals surface area contributed by atoms with Gasteiger partial charge in [-0.05, 0) is 0 Å². The minimum absolute atomic E-state index is 0.0257. The van der Waals surface area contributed by atoms with Gasteiger partial charge in [0.25, 0.3) is 0 Å². The minimum Gasteiger partial charge on any atom is -0.425 e. The number of aliphatic hydroxyl groups excluding tert-OH is 2. The monoisotopic (exact) mass is 261 g/mol. The maximum Gasteiger partial charge on any atom is 0.330 e. The van der Waals surface area contributed by atoms with Crippen molar-refractivity contribution in [3.8, 4) is 0 Å². The third-order valence-corrected chi connectivity index (χ3v) is 2.30. The quantitative estimate of drug-likeness (QED) is 0.307. The van der Waals surface area contributed by atoms with Crippen molar-refractivity contribution < 1.29 is 20.6 Å². The van der Waals surface area contributed by atoms with Crippen molar-refractivity contribution >= 4 is 11.6 Å². The third-order valence-electron chi connectivity index (χ3n) is 2.30. The lowest BCUT2D eigenvalue weighted by atomic mass is 10.4. The van der Waals surface area contributed by atoms with Crippen LogP contribution in [0.5, 0.6) is 0 Å². The Morgan fingerprint density at radius 3 is 2.11 bits per heavy atom. The molecule has 0 aromatic carbocycles. The van der Waals surface area contributed by atoms with E-state index in [2.05, 4.69) is 0 Å². The van der Waals surface area contributed by atoms with Crippen LogP contribution in [-0.2, 0) is 0 Å². The Morgan fingerprint density at radius 2 is 1.67 bits per heavy atom. The molecule has 0 saturated carbocycles. The van der Waals surface area contributed by atoms with Gasteiger partial charge in [0.2, 0.25) is 5.49 Å². The van der Waals surface area contributed by atoms with Crippen LogP contribution in [0.4, 0.5) is 11.6 Å². The summed E-state index contributed by atoms with van der Waals surface area (Å²) in [5.41, 5.74) is 3.39. The molecule has 0 amide bonds. The van der Waals surface area contributed by atoms with Gasteiger partial charge in [-0.25, -0.2) is 0 Å². The van der Waals surface area contributed by atoms with Crippen molar-refractivity contribution in [1.82, 2.24) is 9.46 Å². The van der Waals surface area contributed by atoms with Crippen molar-refractivity contribution in [3.63, 3.8) is 0 Å². The first kappa shape index (κ1) is 13.9. The number of rotatable bonds is 5. The summed E-state index contributed by atoms with van der Waals surface area (Å²) >= 11 is 0. The second-order valence-electron chi connectivity index (χ2n) is 3.42. The molecular weight excluding hydrogens is 246 g/mol. The summed E-state index contributed by atoms with van der Waals surface area (Å²) < 4.78 is 0.210. The lowest BCUT2D eigenvalue weighted by Gasteiger charge is -2.25. The van der Waals surface area contributed by atoms with E-state index in [0.717, 1.165) is 0 Å². The Balaban J connectivity index is 3.47. The van der Waals surface area contributed by atoms with Crippen LogP contribution in [0.2, 0.25) is 0 Å². The standard InChI is InChI=1S/C8H15N5O5/c9-5-7(11(1-3-14)2-4-15)13(18)8(16)6(10)12(5)17/h10,14-15,17-18H,1-4,9H2. The number of nitrogens with one attached hydrogen (secondary N) is 1. The average molecular weight is 261 g/mol. The molecule has 0 saturated heterocycles. The number of nitrogen functional groups attached to an aromatic ring is 1. The summed E-state index contributed by atoms with van der Waals surface area (Å²) in [5, 5.41) is 43.9. The highest BCUT2D eigenvalue weighted by molar-refractivity contribution is 5.58. The van der Waals surface area contributed by atoms with Gasteiger partial charge in [-0.15, -0.1) is 9.46 Å². The van der Waals surface area contributed by atoms with Crippen LogP contribution in [-0.4, -0.2) is 56.4 Å². The third kappa shape index (κ3) is 2.24. The van der Waals surface area contributed by atoms with Gasteiger partial charge in [0.15, 0.2) is 11.6 Å². The highest BCUT2D eigenvalue weighted by Gasteiger charge is 2.20. The number of nitrogens with zero attached hydrogens (tertiary/aromatic N) is 3. The van der Waals surface area contributed by atoms with Crippen molar-refractivity contribution in [2.75, 3.05) is 36.9 Å². The molecule has 0 unspecified atom stereocenters. The normalized spacial score (nSPS) is 10.6. The molecule has 0 aliphatic carbocycles. The summed E-state index contributed by atoms with van der Waals surface area (Å²) in [7, 11) is 0. The fourth-order valence-electron chi connectivity index (χ4n) is 1.47. The van der Waals surface area contributed by atoms with Gasteiger partial charge in [-0.3, -0.25) is 10.2 Å². The number of hydrogen-bond donors (Lipinski definition) is 6. The molecule has 0 atom stereocenters. The van der Waals surface area contributed by atoms with Crippen molar-refractivity contribution in [2.45, 2.75) is 0 Å². The smallest absolute Gasteiger partial charge is 0.330 e. The molecule has 0 bridgehead atoms. The number of aliphatic hydroxyl groups is 2. The highest BCUT2D eigenvalue weighted by atomic mass is 16.5. The van der Waals surface area contributed by atoms with Crippen LogP contribution >= 0.6 is 0 Å². The first-order valence-corrected chi connectivity index (χ1v) is 5.03. The van der Waals surface area contributed by atoms with Crippen LogP contribution in [0, 0.1) is 5.41 Å². The molecule has 1 aromatic rings. The molecule has 0 spiro atoms. The van der Waals surface area contributed by atoms with E-state index in [4.69, 9.17) is 21.4 Å². The molecule has 0 aliphatic heterocycles. The van der Waals surface area contributed by atoms with E-state index in [1.54, 1.807) is 0 Å². The Bertz CT molecular complexity index is 530. The zero-order chi connectivity index (χ0) is 13.9. The largest absolute Gasteiger partial charge is 0.425 e. The average Bonchev–Trinajstić information content (AvgIpc) is 2.35. The Kier molecular flexibility index (Phi) is 4.18. The van der Waals surface area contributed by atoms with Crippen LogP contribution < -0.4 is 21.7 Å². The van der Waals surface area contributed by atoms with Gasteiger partial charge < -0.3 is 31.3 Å². The van der Waals surface area contributed by atoms with Gasteiger partial charge in [0.1, 0.15) is 0 Å². The molecule has 0 radical (unpaired) electrons. The minimum atomic E-state index is -1.18. The number of hydrogen-bond acceptors (Lipinski definition) is 8. The van der Waals surface area contributed by atoms with E-state index in [1.165, 1.54) is 4.90 Å². The Labute approximate surface area is 101 Å². The topological polar surface area (TPSA) is 161 Å². The van der Waals surface area contributed by atoms with Gasteiger partial charge in [-0.1, -0.05) is 0 Å². The summed E-state index contributed by atoms with van der Waals surface area (Å²) in [4.78, 5) is 12.6. The van der Waals surface area contributed by atoms with E-state index in [9.17, 15) is 15.2 Å². The maximum absolute atomic E-state index is 11.4. The van der Waals surface area contributed by atoms with E-state index in [-0.39, 0.29) is 41.6 Å². The van der Waals surface area contributed by atoms with Gasteiger partial charge in [0, 0.05) is 13.1 Å². The van der Waals surface area contributed by atoms with E-state index in [1.807, 2.05) is 0 Å². The molecule has 10 heteroatoms. The number of aromatic nitrogens is 2. The maximum atomic E-state index is 11.4. The fourth-order valence-corrected chi connectivity index (χ4v) is 1.47. The molecule has 7 N–H and O–H groups in total. The first-order valence-electron chi connectivity index (χ1n) is 5.03. The van der Waals surface area contributed by atoms with Crippen LogP contribution in [0.1, 0.15) is 0 Å². The molecule has 10 nitrogen and oxygen atoms in total. The molecule has 0 aliphatic rings. The van der Waals surface area contributed by atoms with Crippen molar-refractivity contribution in [3.05, 3.63) is 15.8 Å². The highest BCUT2D eigenvalue weighted by Crippen LogP contribution is 2.17. The predicted molar refractivity (Wildman–Crippen MR) is 59.7 cm³/mol. The molecule has 18 heavy (non-hydrogen) atoms. The van der Waals surface area contributed by atoms with Gasteiger partial charge in [-0.2, -0.15) is 0 Å². The first-order chi connectivity index (χ1) is 8.45.